The fourth-order valence-corrected chi connectivity index (χ4v) is 4.66. The Hall–Kier alpha value is -2.02. The van der Waals surface area contributed by atoms with Crippen LogP contribution in [0.5, 0.6) is 0 Å². The molecule has 1 aliphatic carbocycles. The highest BCUT2D eigenvalue weighted by molar-refractivity contribution is 5.42. The SMILES string of the molecule is Cc1nccnc1N1CCC(c2nnc(CN3CCCC3)n2C2CC2)CC1. The zero-order valence-corrected chi connectivity index (χ0v) is 16.2. The molecule has 7 nitrogen and oxygen atoms in total. The Morgan fingerprint density at radius 2 is 1.67 bits per heavy atom. The van der Waals surface area contributed by atoms with E-state index < -0.39 is 0 Å². The van der Waals surface area contributed by atoms with Crippen LogP contribution in [0.2, 0.25) is 0 Å². The Bertz CT molecular complexity index is 783. The monoisotopic (exact) mass is 367 g/mol. The van der Waals surface area contributed by atoms with Crippen LogP contribution in [0.15, 0.2) is 12.4 Å². The molecule has 0 amide bonds. The molecule has 4 heterocycles. The van der Waals surface area contributed by atoms with Gasteiger partial charge < -0.3 is 9.47 Å². The second-order valence-electron chi connectivity index (χ2n) is 8.29. The lowest BCUT2D eigenvalue weighted by Gasteiger charge is -2.33. The Kier molecular flexibility index (Phi) is 4.55. The van der Waals surface area contributed by atoms with Crippen molar-refractivity contribution in [1.29, 1.82) is 0 Å². The summed E-state index contributed by atoms with van der Waals surface area (Å²) in [6, 6.07) is 0.646. The van der Waals surface area contributed by atoms with Gasteiger partial charge in [-0.05, 0) is 58.5 Å². The third-order valence-corrected chi connectivity index (χ3v) is 6.28. The summed E-state index contributed by atoms with van der Waals surface area (Å²) in [5, 5.41) is 9.34. The molecule has 3 aliphatic rings. The molecule has 2 aromatic heterocycles. The largest absolute Gasteiger partial charge is 0.355 e. The van der Waals surface area contributed by atoms with Gasteiger partial charge in [0, 0.05) is 37.4 Å². The molecule has 2 aliphatic heterocycles. The highest BCUT2D eigenvalue weighted by Crippen LogP contribution is 2.40. The maximum atomic E-state index is 4.70. The van der Waals surface area contributed by atoms with Crippen molar-refractivity contribution in [2.45, 2.75) is 64.0 Å². The van der Waals surface area contributed by atoms with Crippen LogP contribution < -0.4 is 4.90 Å². The molecule has 0 radical (unpaired) electrons. The second kappa shape index (κ2) is 7.19. The smallest absolute Gasteiger partial charge is 0.150 e. The van der Waals surface area contributed by atoms with E-state index >= 15 is 0 Å². The maximum absolute atomic E-state index is 4.70. The summed E-state index contributed by atoms with van der Waals surface area (Å²) in [4.78, 5) is 13.8. The van der Waals surface area contributed by atoms with Crippen LogP contribution in [0.4, 0.5) is 5.82 Å². The van der Waals surface area contributed by atoms with Gasteiger partial charge in [-0.25, -0.2) is 4.98 Å². The average molecular weight is 368 g/mol. The summed E-state index contributed by atoms with van der Waals surface area (Å²) in [5.74, 6) is 3.98. The van der Waals surface area contributed by atoms with E-state index in [1.807, 2.05) is 6.92 Å². The van der Waals surface area contributed by atoms with Gasteiger partial charge in [-0.1, -0.05) is 0 Å². The van der Waals surface area contributed by atoms with Crippen LogP contribution in [0, 0.1) is 6.92 Å². The molecule has 2 saturated heterocycles. The number of hydrogen-bond donors (Lipinski definition) is 0. The van der Waals surface area contributed by atoms with Gasteiger partial charge in [-0.2, -0.15) is 0 Å². The molecule has 1 saturated carbocycles. The number of anilines is 1. The van der Waals surface area contributed by atoms with E-state index in [0.717, 1.165) is 44.0 Å². The molecule has 0 bridgehead atoms. The zero-order valence-electron chi connectivity index (χ0n) is 16.2. The van der Waals surface area contributed by atoms with Gasteiger partial charge in [0.2, 0.25) is 0 Å². The summed E-state index contributed by atoms with van der Waals surface area (Å²) in [6.45, 7) is 7.47. The predicted octanol–water partition coefficient (Wildman–Crippen LogP) is 2.69. The van der Waals surface area contributed by atoms with Crippen LogP contribution in [0.1, 0.15) is 67.8 Å². The Morgan fingerprint density at radius 1 is 0.926 bits per heavy atom. The van der Waals surface area contributed by atoms with Crippen molar-refractivity contribution in [2.75, 3.05) is 31.1 Å². The molecule has 27 heavy (non-hydrogen) atoms. The normalized spacial score (nSPS) is 21.9. The number of aryl methyl sites for hydroxylation is 1. The summed E-state index contributed by atoms with van der Waals surface area (Å²) in [7, 11) is 0. The van der Waals surface area contributed by atoms with E-state index in [4.69, 9.17) is 5.10 Å². The van der Waals surface area contributed by atoms with Crippen LogP contribution in [-0.4, -0.2) is 55.8 Å². The number of likely N-dealkylation sites (tertiary alicyclic amines) is 1. The highest BCUT2D eigenvalue weighted by Gasteiger charge is 2.34. The van der Waals surface area contributed by atoms with Crippen LogP contribution in [0.3, 0.4) is 0 Å². The Labute approximate surface area is 160 Å². The van der Waals surface area contributed by atoms with E-state index in [1.54, 1.807) is 12.4 Å². The highest BCUT2D eigenvalue weighted by atomic mass is 15.3. The number of rotatable bonds is 5. The molecule has 3 fully saturated rings. The molecule has 0 unspecified atom stereocenters. The van der Waals surface area contributed by atoms with Gasteiger partial charge in [-0.3, -0.25) is 9.88 Å². The van der Waals surface area contributed by atoms with Gasteiger partial charge in [0.15, 0.2) is 0 Å². The molecular formula is C20H29N7. The van der Waals surface area contributed by atoms with Crippen LogP contribution >= 0.6 is 0 Å². The molecule has 5 rings (SSSR count). The van der Waals surface area contributed by atoms with E-state index in [2.05, 4.69) is 29.4 Å². The van der Waals surface area contributed by atoms with Crippen molar-refractivity contribution >= 4 is 5.82 Å². The van der Waals surface area contributed by atoms with Gasteiger partial charge in [0.05, 0.1) is 12.2 Å². The molecule has 2 aromatic rings. The topological polar surface area (TPSA) is 63.0 Å². The molecule has 144 valence electrons. The lowest BCUT2D eigenvalue weighted by molar-refractivity contribution is 0.314. The van der Waals surface area contributed by atoms with Crippen molar-refractivity contribution in [3.8, 4) is 0 Å². The first-order valence-electron chi connectivity index (χ1n) is 10.5. The lowest BCUT2D eigenvalue weighted by Crippen LogP contribution is -2.35. The van der Waals surface area contributed by atoms with Crippen molar-refractivity contribution in [3.05, 3.63) is 29.7 Å². The fourth-order valence-electron chi connectivity index (χ4n) is 4.66. The van der Waals surface area contributed by atoms with Crippen LogP contribution in [-0.2, 0) is 6.54 Å². The van der Waals surface area contributed by atoms with Crippen LogP contribution in [0.25, 0.3) is 0 Å². The first kappa shape index (κ1) is 17.1. The zero-order chi connectivity index (χ0) is 18.2. The summed E-state index contributed by atoms with van der Waals surface area (Å²) < 4.78 is 2.51. The summed E-state index contributed by atoms with van der Waals surface area (Å²) >= 11 is 0. The van der Waals surface area contributed by atoms with Gasteiger partial charge in [0.1, 0.15) is 17.5 Å². The van der Waals surface area contributed by atoms with Crippen molar-refractivity contribution in [3.63, 3.8) is 0 Å². The molecule has 7 heteroatoms. The minimum absolute atomic E-state index is 0.513. The molecule has 0 aromatic carbocycles. The van der Waals surface area contributed by atoms with Gasteiger partial charge in [-0.15, -0.1) is 10.2 Å². The minimum atomic E-state index is 0.513. The molecule has 0 atom stereocenters. The number of aromatic nitrogens is 5. The van der Waals surface area contributed by atoms with Crippen molar-refractivity contribution in [2.24, 2.45) is 0 Å². The predicted molar refractivity (Wildman–Crippen MR) is 104 cm³/mol. The molecular weight excluding hydrogens is 338 g/mol. The Morgan fingerprint density at radius 3 is 2.37 bits per heavy atom. The number of hydrogen-bond acceptors (Lipinski definition) is 6. The first-order chi connectivity index (χ1) is 13.3. The summed E-state index contributed by atoms with van der Waals surface area (Å²) in [6.07, 6.45) is 11.0. The third kappa shape index (κ3) is 3.45. The van der Waals surface area contributed by atoms with Crippen molar-refractivity contribution < 1.29 is 0 Å². The summed E-state index contributed by atoms with van der Waals surface area (Å²) in [5.41, 5.74) is 1.02. The van der Waals surface area contributed by atoms with Crippen molar-refractivity contribution in [1.82, 2.24) is 29.6 Å². The fraction of sp³-hybridized carbons (Fsp3) is 0.700. The molecule has 0 N–H and O–H groups in total. The first-order valence-corrected chi connectivity index (χ1v) is 10.5. The average Bonchev–Trinajstić information content (AvgIpc) is 3.24. The van der Waals surface area contributed by atoms with Gasteiger partial charge >= 0.3 is 0 Å². The maximum Gasteiger partial charge on any atom is 0.150 e. The minimum Gasteiger partial charge on any atom is -0.355 e. The molecule has 0 spiro atoms. The number of nitrogens with zero attached hydrogens (tertiary/aromatic N) is 7. The Balaban J connectivity index is 1.31. The van der Waals surface area contributed by atoms with E-state index in [0.29, 0.717) is 12.0 Å². The number of piperidine rings is 1. The van der Waals surface area contributed by atoms with E-state index in [9.17, 15) is 0 Å². The van der Waals surface area contributed by atoms with E-state index in [1.165, 1.54) is 50.4 Å². The second-order valence-corrected chi connectivity index (χ2v) is 8.29. The van der Waals surface area contributed by atoms with Gasteiger partial charge in [0.25, 0.3) is 0 Å². The standard InChI is InChI=1S/C20H29N7/c1-15-19(22-9-8-21-15)26-12-6-16(7-13-26)20-24-23-18(27(20)17-4-5-17)14-25-10-2-3-11-25/h8-9,16-17H,2-7,10-14H2,1H3. The quantitative estimate of drug-likeness (QED) is 0.810. The van der Waals surface area contributed by atoms with E-state index in [-0.39, 0.29) is 0 Å². The lowest BCUT2D eigenvalue weighted by atomic mass is 9.95. The third-order valence-electron chi connectivity index (χ3n) is 6.28.